The summed E-state index contributed by atoms with van der Waals surface area (Å²) in [5.74, 6) is 1.60. The van der Waals surface area contributed by atoms with E-state index in [0.29, 0.717) is 12.0 Å². The zero-order chi connectivity index (χ0) is 30.7. The first-order valence-electron chi connectivity index (χ1n) is 18.1. The molecule has 45 heavy (non-hydrogen) atoms. The van der Waals surface area contributed by atoms with Crippen LogP contribution in [0.1, 0.15) is 156 Å². The Kier molecular flexibility index (Phi) is 11.2. The lowest BCUT2D eigenvalue weighted by molar-refractivity contribution is -0.730. The van der Waals surface area contributed by atoms with Crippen LogP contribution in [0.5, 0.6) is 5.75 Å². The van der Waals surface area contributed by atoms with Gasteiger partial charge in [0.1, 0.15) is 5.75 Å². The first kappa shape index (κ1) is 31.7. The van der Waals surface area contributed by atoms with Crippen molar-refractivity contribution in [3.05, 3.63) is 108 Å². The first-order valence-corrected chi connectivity index (χ1v) is 18.1. The molecule has 3 aliphatic rings. The Labute approximate surface area is 271 Å². The smallest absolute Gasteiger partial charge is 0.189 e. The molecular weight excluding hydrogens is 554 g/mol. The van der Waals surface area contributed by atoms with E-state index in [1.54, 1.807) is 0 Å². The van der Waals surface area contributed by atoms with Crippen molar-refractivity contribution in [1.29, 1.82) is 0 Å². The largest absolute Gasteiger partial charge is 0.493 e. The summed E-state index contributed by atoms with van der Waals surface area (Å²) >= 11 is 0. The van der Waals surface area contributed by atoms with Crippen molar-refractivity contribution in [3.8, 4) is 5.75 Å². The fourth-order valence-corrected chi connectivity index (χ4v) is 8.35. The molecule has 0 amide bonds. The third-order valence-electron chi connectivity index (χ3n) is 10.8. The highest BCUT2D eigenvalue weighted by Crippen LogP contribution is 2.48. The van der Waals surface area contributed by atoms with E-state index in [1.165, 1.54) is 118 Å². The monoisotopic (exact) mass is 608 g/mol. The van der Waals surface area contributed by atoms with Gasteiger partial charge < -0.3 is 13.6 Å². The van der Waals surface area contributed by atoms with Crippen LogP contribution in [0.2, 0.25) is 0 Å². The number of aromatic nitrogens is 1. The van der Waals surface area contributed by atoms with Crippen molar-refractivity contribution >= 4 is 0 Å². The number of nitrogens with zero attached hydrogens (tertiary/aromatic N) is 1. The van der Waals surface area contributed by atoms with E-state index >= 15 is 0 Å². The summed E-state index contributed by atoms with van der Waals surface area (Å²) in [6.45, 7) is 3.11. The van der Waals surface area contributed by atoms with Gasteiger partial charge in [-0.25, -0.2) is 0 Å². The number of fused-ring (bicyclic) bond motifs is 1. The van der Waals surface area contributed by atoms with E-state index in [0.717, 1.165) is 31.6 Å². The van der Waals surface area contributed by atoms with E-state index in [4.69, 9.17) is 13.6 Å². The summed E-state index contributed by atoms with van der Waals surface area (Å²) in [6.07, 6.45) is 31.4. The highest BCUT2D eigenvalue weighted by atomic mass is 16.5. The molecule has 3 aromatic heterocycles. The van der Waals surface area contributed by atoms with E-state index in [2.05, 4.69) is 66.2 Å². The Morgan fingerprint density at radius 2 is 1.38 bits per heavy atom. The van der Waals surface area contributed by atoms with E-state index < -0.39 is 0 Å². The summed E-state index contributed by atoms with van der Waals surface area (Å²) in [4.78, 5) is 0. The summed E-state index contributed by atoms with van der Waals surface area (Å²) in [6, 6.07) is 18.2. The highest BCUT2D eigenvalue weighted by Gasteiger charge is 2.45. The van der Waals surface area contributed by atoms with Crippen LogP contribution in [0.25, 0.3) is 0 Å². The molecule has 7 rings (SSSR count). The third kappa shape index (κ3) is 7.26. The Morgan fingerprint density at radius 1 is 0.711 bits per heavy atom. The highest BCUT2D eigenvalue weighted by molar-refractivity contribution is 5.49. The van der Waals surface area contributed by atoms with Crippen molar-refractivity contribution in [3.63, 3.8) is 0 Å². The molecule has 0 spiro atoms. The van der Waals surface area contributed by atoms with Gasteiger partial charge in [-0.1, -0.05) is 102 Å². The maximum absolute atomic E-state index is 6.44. The zero-order valence-electron chi connectivity index (χ0n) is 27.6. The molecule has 2 atom stereocenters. The predicted molar refractivity (Wildman–Crippen MR) is 181 cm³/mol. The molecule has 4 nitrogen and oxygen atoms in total. The second-order valence-electron chi connectivity index (χ2n) is 13.6. The number of hydrogen-bond donors (Lipinski definition) is 0. The molecule has 240 valence electrons. The minimum atomic E-state index is 0.0118. The standard InChI is InChI=1S/C41H54NO3/c1-2-3-4-13-25-41(33-23-29-43-31-33,34-24-30-44-32-34)26-14-10-8-6-5-7-9-11-16-28-45-39-20-17-18-35-38-22-21-36(40(35)39)37-19-12-15-27-42(37)38/h12,15,17-20,23-24,27,29-32,36,38H,2-11,13-14,16,21-22,25-26,28H2,1H3/q+1. The molecule has 1 aromatic carbocycles. The Balaban J connectivity index is 0.879. The topological polar surface area (TPSA) is 39.4 Å². The maximum atomic E-state index is 6.44. The average Bonchev–Trinajstić information content (AvgIpc) is 3.83. The van der Waals surface area contributed by atoms with Crippen LogP contribution in [0.4, 0.5) is 0 Å². The molecule has 4 aromatic rings. The quantitative estimate of drug-likeness (QED) is 0.0740. The van der Waals surface area contributed by atoms with Crippen LogP contribution in [0, 0.1) is 0 Å². The number of ether oxygens (including phenoxy) is 1. The number of hydrogen-bond acceptors (Lipinski definition) is 3. The zero-order valence-corrected chi connectivity index (χ0v) is 27.6. The van der Waals surface area contributed by atoms with Crippen molar-refractivity contribution in [2.24, 2.45) is 0 Å². The summed E-state index contributed by atoms with van der Waals surface area (Å²) in [7, 11) is 0. The molecule has 5 heterocycles. The number of rotatable bonds is 20. The lowest BCUT2D eigenvalue weighted by Gasteiger charge is -2.35. The Hall–Kier alpha value is -3.27. The lowest BCUT2D eigenvalue weighted by Crippen LogP contribution is -2.51. The van der Waals surface area contributed by atoms with Crippen LogP contribution in [-0.4, -0.2) is 6.61 Å². The van der Waals surface area contributed by atoms with Gasteiger partial charge in [-0.2, -0.15) is 4.57 Å². The van der Waals surface area contributed by atoms with Gasteiger partial charge in [-0.05, 0) is 43.9 Å². The molecule has 4 heteroatoms. The summed E-state index contributed by atoms with van der Waals surface area (Å²) < 4.78 is 20.1. The summed E-state index contributed by atoms with van der Waals surface area (Å²) in [5, 5.41) is 0. The van der Waals surface area contributed by atoms with Gasteiger partial charge in [0.2, 0.25) is 0 Å². The molecule has 2 aliphatic heterocycles. The van der Waals surface area contributed by atoms with Gasteiger partial charge in [0, 0.05) is 46.2 Å². The van der Waals surface area contributed by atoms with Crippen molar-refractivity contribution in [1.82, 2.24) is 0 Å². The molecule has 0 radical (unpaired) electrons. The number of unbranched alkanes of at least 4 members (excludes halogenated alkanes) is 11. The van der Waals surface area contributed by atoms with Crippen molar-refractivity contribution in [2.75, 3.05) is 6.61 Å². The van der Waals surface area contributed by atoms with Crippen LogP contribution in [-0.2, 0) is 5.41 Å². The molecular formula is C41H54NO3+. The molecule has 0 saturated heterocycles. The molecule has 2 unspecified atom stereocenters. The number of pyridine rings is 1. The first-order chi connectivity index (χ1) is 22.3. The second kappa shape index (κ2) is 15.8. The van der Waals surface area contributed by atoms with Crippen molar-refractivity contribution < 1.29 is 18.1 Å². The van der Waals surface area contributed by atoms with Gasteiger partial charge in [0.25, 0.3) is 0 Å². The maximum Gasteiger partial charge on any atom is 0.189 e. The van der Waals surface area contributed by atoms with Gasteiger partial charge in [-0.3, -0.25) is 0 Å². The molecule has 1 aliphatic carbocycles. The van der Waals surface area contributed by atoms with Crippen LogP contribution in [0.3, 0.4) is 0 Å². The Morgan fingerprint density at radius 3 is 2.04 bits per heavy atom. The van der Waals surface area contributed by atoms with Crippen LogP contribution in [0.15, 0.2) is 88.6 Å². The van der Waals surface area contributed by atoms with Crippen molar-refractivity contribution in [2.45, 2.75) is 133 Å². The van der Waals surface area contributed by atoms with Crippen LogP contribution >= 0.6 is 0 Å². The van der Waals surface area contributed by atoms with E-state index in [-0.39, 0.29) is 5.41 Å². The molecule has 0 fully saturated rings. The van der Waals surface area contributed by atoms with Gasteiger partial charge in [-0.15, -0.1) is 0 Å². The van der Waals surface area contributed by atoms with Gasteiger partial charge >= 0.3 is 0 Å². The number of furan rings is 2. The second-order valence-corrected chi connectivity index (χ2v) is 13.6. The van der Waals surface area contributed by atoms with Crippen LogP contribution < -0.4 is 9.30 Å². The third-order valence-corrected chi connectivity index (χ3v) is 10.8. The fraction of sp³-hybridized carbons (Fsp3) is 0.537. The van der Waals surface area contributed by atoms with E-state index in [9.17, 15) is 0 Å². The molecule has 0 N–H and O–H groups in total. The minimum Gasteiger partial charge on any atom is -0.493 e. The molecule has 0 saturated carbocycles. The lowest BCUT2D eigenvalue weighted by atomic mass is 9.69. The summed E-state index contributed by atoms with van der Waals surface area (Å²) in [5.41, 5.74) is 7.03. The van der Waals surface area contributed by atoms with Gasteiger partial charge in [0.05, 0.1) is 37.6 Å². The Bertz CT molecular complexity index is 1390. The predicted octanol–water partition coefficient (Wildman–Crippen LogP) is 11.2. The number of benzene rings is 1. The molecule has 2 bridgehead atoms. The van der Waals surface area contributed by atoms with Gasteiger partial charge in [0.15, 0.2) is 17.9 Å². The fourth-order valence-electron chi connectivity index (χ4n) is 8.35. The minimum absolute atomic E-state index is 0.0118. The SMILES string of the molecule is CCCCCCC(CCCCCCCCCCCOc1cccc2c1C1CCC2[n+]2ccccc21)(c1ccoc1)c1ccoc1. The van der Waals surface area contributed by atoms with E-state index in [1.807, 2.05) is 25.1 Å². The normalized spacial score (nSPS) is 16.9. The average molecular weight is 609 g/mol.